The van der Waals surface area contributed by atoms with E-state index in [-0.39, 0.29) is 22.9 Å². The van der Waals surface area contributed by atoms with E-state index in [4.69, 9.17) is 4.74 Å². The molecule has 1 aromatic rings. The molecule has 1 aliphatic rings. The average molecular weight is 421 g/mol. The van der Waals surface area contributed by atoms with Gasteiger partial charge in [0.25, 0.3) is 5.91 Å². The Kier molecular flexibility index (Phi) is 8.83. The van der Waals surface area contributed by atoms with Crippen molar-refractivity contribution in [2.24, 2.45) is 4.99 Å². The van der Waals surface area contributed by atoms with Crippen LogP contribution in [0.1, 0.15) is 50.5 Å². The predicted molar refractivity (Wildman–Crippen MR) is 123 cm³/mol. The lowest BCUT2D eigenvalue weighted by Crippen LogP contribution is -2.48. The van der Waals surface area contributed by atoms with Crippen molar-refractivity contribution in [1.82, 2.24) is 15.5 Å². The Balaban J connectivity index is 1.97. The largest absolute Gasteiger partial charge is 0.372 e. The van der Waals surface area contributed by atoms with Crippen LogP contribution in [0.25, 0.3) is 0 Å². The Morgan fingerprint density at radius 1 is 1.21 bits per heavy atom. The molecule has 2 N–H and O–H groups in total. The second-order valence-corrected chi connectivity index (χ2v) is 9.69. The Morgan fingerprint density at radius 3 is 2.38 bits per heavy atom. The molecule has 0 aliphatic carbocycles. The smallest absolute Gasteiger partial charge is 0.254 e. The molecule has 162 valence electrons. The fourth-order valence-corrected chi connectivity index (χ4v) is 3.38. The first-order valence-corrected chi connectivity index (χ1v) is 11.6. The molecule has 2 unspecified atom stereocenters. The Labute approximate surface area is 179 Å². The zero-order valence-corrected chi connectivity index (χ0v) is 19.4. The Bertz CT molecular complexity index is 681. The molecule has 0 spiro atoms. The summed E-state index contributed by atoms with van der Waals surface area (Å²) in [6.07, 6.45) is 2.26. The van der Waals surface area contributed by atoms with E-state index in [1.807, 2.05) is 54.8 Å². The third-order valence-electron chi connectivity index (χ3n) is 4.91. The van der Waals surface area contributed by atoms with Gasteiger partial charge in [-0.25, -0.2) is 4.99 Å². The van der Waals surface area contributed by atoms with Gasteiger partial charge in [0.1, 0.15) is 0 Å². The van der Waals surface area contributed by atoms with Crippen LogP contribution >= 0.6 is 11.8 Å². The number of nitrogens with zero attached hydrogens (tertiary/aromatic N) is 2. The van der Waals surface area contributed by atoms with Crippen molar-refractivity contribution in [3.63, 3.8) is 0 Å². The minimum atomic E-state index is 0.0661. The molecule has 29 heavy (non-hydrogen) atoms. The van der Waals surface area contributed by atoms with E-state index in [1.165, 1.54) is 0 Å². The quantitative estimate of drug-likeness (QED) is 0.524. The van der Waals surface area contributed by atoms with E-state index in [2.05, 4.69) is 42.7 Å². The van der Waals surface area contributed by atoms with Gasteiger partial charge in [-0.1, -0.05) is 12.1 Å². The maximum absolute atomic E-state index is 12.8. The number of benzene rings is 1. The van der Waals surface area contributed by atoms with Crippen LogP contribution in [0.15, 0.2) is 29.3 Å². The normalized spacial score (nSPS) is 20.5. The highest BCUT2D eigenvalue weighted by atomic mass is 32.2. The number of hydrogen-bond acceptors (Lipinski definition) is 4. The molecule has 1 fully saturated rings. The molecule has 2 atom stereocenters. The lowest BCUT2D eigenvalue weighted by molar-refractivity contribution is -0.0586. The molecule has 0 saturated carbocycles. The molecule has 1 saturated heterocycles. The average Bonchev–Trinajstić information content (AvgIpc) is 2.69. The lowest BCUT2D eigenvalue weighted by atomic mass is 10.1. The number of carbonyl (C=O) groups excluding carboxylic acids is 1. The molecular weight excluding hydrogens is 384 g/mol. The van der Waals surface area contributed by atoms with Crippen molar-refractivity contribution in [3.05, 3.63) is 35.4 Å². The molecule has 1 heterocycles. The van der Waals surface area contributed by atoms with Gasteiger partial charge in [-0.05, 0) is 58.6 Å². The zero-order chi connectivity index (χ0) is 21.4. The van der Waals surface area contributed by atoms with Crippen LogP contribution in [0.3, 0.4) is 0 Å². The van der Waals surface area contributed by atoms with Gasteiger partial charge in [0.05, 0.1) is 18.8 Å². The zero-order valence-electron chi connectivity index (χ0n) is 18.6. The van der Waals surface area contributed by atoms with Gasteiger partial charge in [0, 0.05) is 36.5 Å². The van der Waals surface area contributed by atoms with Crippen LogP contribution in [0.2, 0.25) is 0 Å². The number of rotatable bonds is 7. The molecule has 6 nitrogen and oxygen atoms in total. The molecule has 0 aromatic heterocycles. The van der Waals surface area contributed by atoms with Gasteiger partial charge >= 0.3 is 0 Å². The molecule has 0 bridgehead atoms. The number of hydrogen-bond donors (Lipinski definition) is 2. The van der Waals surface area contributed by atoms with Gasteiger partial charge in [-0.3, -0.25) is 4.79 Å². The molecule has 1 aliphatic heterocycles. The maximum atomic E-state index is 12.8. The van der Waals surface area contributed by atoms with Crippen molar-refractivity contribution in [1.29, 1.82) is 0 Å². The fraction of sp³-hybridized carbons (Fsp3) is 0.636. The van der Waals surface area contributed by atoms with Gasteiger partial charge in [0.2, 0.25) is 0 Å². The van der Waals surface area contributed by atoms with Crippen molar-refractivity contribution >= 4 is 23.6 Å². The maximum Gasteiger partial charge on any atom is 0.254 e. The highest BCUT2D eigenvalue weighted by molar-refractivity contribution is 7.99. The van der Waals surface area contributed by atoms with Crippen LogP contribution in [0.4, 0.5) is 0 Å². The van der Waals surface area contributed by atoms with E-state index in [0.29, 0.717) is 25.2 Å². The minimum absolute atomic E-state index is 0.0661. The highest BCUT2D eigenvalue weighted by Crippen LogP contribution is 2.19. The van der Waals surface area contributed by atoms with E-state index in [9.17, 15) is 4.79 Å². The Morgan fingerprint density at radius 2 is 1.83 bits per heavy atom. The summed E-state index contributed by atoms with van der Waals surface area (Å²) in [6.45, 7) is 14.0. The summed E-state index contributed by atoms with van der Waals surface area (Å²) in [5.41, 5.74) is 1.79. The summed E-state index contributed by atoms with van der Waals surface area (Å²) in [4.78, 5) is 19.3. The van der Waals surface area contributed by atoms with E-state index in [1.54, 1.807) is 0 Å². The Hall–Kier alpha value is -1.73. The second kappa shape index (κ2) is 10.9. The third kappa shape index (κ3) is 7.55. The number of guanidine groups is 1. The lowest BCUT2D eigenvalue weighted by Gasteiger charge is -2.35. The van der Waals surface area contributed by atoms with Gasteiger partial charge in [-0.15, -0.1) is 0 Å². The molecular formula is C22H36N4O2S. The number of amides is 1. The van der Waals surface area contributed by atoms with Crippen LogP contribution in [-0.2, 0) is 11.3 Å². The summed E-state index contributed by atoms with van der Waals surface area (Å²) < 4.78 is 5.87. The molecule has 1 aromatic carbocycles. The highest BCUT2D eigenvalue weighted by Gasteiger charge is 2.26. The predicted octanol–water partition coefficient (Wildman–Crippen LogP) is 3.13. The second-order valence-electron chi connectivity index (χ2n) is 8.18. The van der Waals surface area contributed by atoms with E-state index < -0.39 is 0 Å². The number of aliphatic imine (C=N–C) groups is 1. The molecule has 1 amide bonds. The number of carbonyl (C=O) groups is 1. The van der Waals surface area contributed by atoms with Crippen LogP contribution in [-0.4, -0.2) is 66.2 Å². The third-order valence-corrected chi connectivity index (χ3v) is 6.16. The number of nitrogens with one attached hydrogen (secondary N) is 2. The van der Waals surface area contributed by atoms with E-state index in [0.717, 1.165) is 24.6 Å². The van der Waals surface area contributed by atoms with Gasteiger partial charge in [-0.2, -0.15) is 11.8 Å². The summed E-state index contributed by atoms with van der Waals surface area (Å²) in [6, 6.07) is 7.77. The van der Waals surface area contributed by atoms with Gasteiger partial charge < -0.3 is 20.3 Å². The number of ether oxygens (including phenoxy) is 1. The topological polar surface area (TPSA) is 66.0 Å². The minimum Gasteiger partial charge on any atom is -0.372 e. The van der Waals surface area contributed by atoms with Crippen molar-refractivity contribution < 1.29 is 9.53 Å². The van der Waals surface area contributed by atoms with Crippen molar-refractivity contribution in [2.75, 3.05) is 32.4 Å². The monoisotopic (exact) mass is 420 g/mol. The first-order chi connectivity index (χ1) is 13.7. The molecule has 2 rings (SSSR count). The standard InChI is InChI=1S/C22H36N4O2S/c1-7-23-21(25-15-22(4,5)29-6)24-12-18-8-10-19(11-9-18)20(27)26-13-16(2)28-17(3)14-26/h8-11,16-17H,7,12-15H2,1-6H3,(H2,23,24,25). The summed E-state index contributed by atoms with van der Waals surface area (Å²) >= 11 is 1.83. The van der Waals surface area contributed by atoms with Crippen LogP contribution in [0, 0.1) is 0 Å². The van der Waals surface area contributed by atoms with Crippen LogP contribution < -0.4 is 10.6 Å². The fourth-order valence-electron chi connectivity index (χ4n) is 3.16. The first-order valence-electron chi connectivity index (χ1n) is 10.3. The summed E-state index contributed by atoms with van der Waals surface area (Å²) in [7, 11) is 0. The van der Waals surface area contributed by atoms with Crippen molar-refractivity contribution in [3.8, 4) is 0 Å². The number of thioether (sulfide) groups is 1. The summed E-state index contributed by atoms with van der Waals surface area (Å²) in [5.74, 6) is 0.877. The first kappa shape index (κ1) is 23.5. The SMILES string of the molecule is CCNC(=NCc1ccc(C(=O)N2CC(C)OC(C)C2)cc1)NCC(C)(C)SC. The molecule has 0 radical (unpaired) electrons. The number of morpholine rings is 1. The van der Waals surface area contributed by atoms with Gasteiger partial charge in [0.15, 0.2) is 5.96 Å². The van der Waals surface area contributed by atoms with Crippen LogP contribution in [0.5, 0.6) is 0 Å². The summed E-state index contributed by atoms with van der Waals surface area (Å²) in [5, 5.41) is 6.70. The van der Waals surface area contributed by atoms with E-state index >= 15 is 0 Å². The molecule has 7 heteroatoms. The van der Waals surface area contributed by atoms with Crippen molar-refractivity contribution in [2.45, 2.75) is 58.1 Å².